The lowest BCUT2D eigenvalue weighted by molar-refractivity contribution is 0.0526. The highest BCUT2D eigenvalue weighted by molar-refractivity contribution is 5.89. The number of nitrogens with one attached hydrogen (secondary N) is 1. The lowest BCUT2D eigenvalue weighted by Crippen LogP contribution is -2.21. The molecule has 1 rings (SSSR count). The van der Waals surface area contributed by atoms with Gasteiger partial charge in [0.1, 0.15) is 0 Å². The van der Waals surface area contributed by atoms with Crippen molar-refractivity contribution in [3.8, 4) is 0 Å². The van der Waals surface area contributed by atoms with Crippen molar-refractivity contribution >= 4 is 11.7 Å². The first-order chi connectivity index (χ1) is 8.67. The second kappa shape index (κ2) is 7.71. The Hall–Kier alpha value is -1.55. The van der Waals surface area contributed by atoms with Crippen LogP contribution in [0.1, 0.15) is 31.1 Å². The first kappa shape index (κ1) is 14.5. The molecule has 1 aromatic rings. The Bertz CT molecular complexity index is 362. The number of benzene rings is 1. The zero-order valence-corrected chi connectivity index (χ0v) is 11.2. The van der Waals surface area contributed by atoms with Crippen molar-refractivity contribution in [2.75, 3.05) is 25.1 Å². The molecule has 0 aliphatic rings. The predicted octanol–water partition coefficient (Wildman–Crippen LogP) is 2.70. The Kier molecular flexibility index (Phi) is 6.22. The number of hydrogen-bond acceptors (Lipinski definition) is 4. The SMILES string of the molecule is CCOCC(C)Nc1ccc(C(=O)OCC)cc1. The maximum absolute atomic E-state index is 11.5. The standard InChI is InChI=1S/C14H21NO3/c1-4-17-10-11(3)15-13-8-6-12(7-9-13)14(16)18-5-2/h6-9,11,15H,4-5,10H2,1-3H3. The lowest BCUT2D eigenvalue weighted by Gasteiger charge is -2.15. The Morgan fingerprint density at radius 1 is 1.22 bits per heavy atom. The minimum Gasteiger partial charge on any atom is -0.462 e. The van der Waals surface area contributed by atoms with Gasteiger partial charge in [-0.25, -0.2) is 4.79 Å². The van der Waals surface area contributed by atoms with Crippen molar-refractivity contribution in [3.05, 3.63) is 29.8 Å². The summed E-state index contributed by atoms with van der Waals surface area (Å²) in [6, 6.07) is 7.49. The minimum atomic E-state index is -0.286. The van der Waals surface area contributed by atoms with Gasteiger partial charge in [0.2, 0.25) is 0 Å². The number of anilines is 1. The van der Waals surface area contributed by atoms with Crippen LogP contribution in [0.4, 0.5) is 5.69 Å². The summed E-state index contributed by atoms with van der Waals surface area (Å²) in [4.78, 5) is 11.5. The Balaban J connectivity index is 2.52. The van der Waals surface area contributed by atoms with E-state index in [0.717, 1.165) is 5.69 Å². The quantitative estimate of drug-likeness (QED) is 0.757. The number of ether oxygens (including phenoxy) is 2. The Labute approximate surface area is 108 Å². The van der Waals surface area contributed by atoms with E-state index in [1.165, 1.54) is 0 Å². The summed E-state index contributed by atoms with van der Waals surface area (Å²) in [5, 5.41) is 3.30. The summed E-state index contributed by atoms with van der Waals surface area (Å²) in [5.41, 5.74) is 1.54. The molecule has 0 fully saturated rings. The molecule has 0 aromatic heterocycles. The number of hydrogen-bond donors (Lipinski definition) is 1. The molecule has 4 nitrogen and oxygen atoms in total. The lowest BCUT2D eigenvalue weighted by atomic mass is 10.2. The monoisotopic (exact) mass is 251 g/mol. The molecule has 0 heterocycles. The summed E-state index contributed by atoms with van der Waals surface area (Å²) < 4.78 is 10.2. The zero-order valence-electron chi connectivity index (χ0n) is 11.2. The van der Waals surface area contributed by atoms with Gasteiger partial charge < -0.3 is 14.8 Å². The number of carbonyl (C=O) groups is 1. The smallest absolute Gasteiger partial charge is 0.338 e. The molecule has 1 atom stereocenters. The topological polar surface area (TPSA) is 47.6 Å². The number of esters is 1. The zero-order chi connectivity index (χ0) is 13.4. The van der Waals surface area contributed by atoms with Crippen LogP contribution >= 0.6 is 0 Å². The molecule has 0 aliphatic heterocycles. The van der Waals surface area contributed by atoms with Crippen LogP contribution in [0, 0.1) is 0 Å². The molecule has 100 valence electrons. The molecule has 0 bridgehead atoms. The molecule has 0 aliphatic carbocycles. The molecule has 0 saturated heterocycles. The van der Waals surface area contributed by atoms with Gasteiger partial charge in [0, 0.05) is 18.3 Å². The van der Waals surface area contributed by atoms with Crippen LogP contribution in [-0.2, 0) is 9.47 Å². The maximum Gasteiger partial charge on any atom is 0.338 e. The van der Waals surface area contributed by atoms with Crippen molar-refractivity contribution in [1.29, 1.82) is 0 Å². The summed E-state index contributed by atoms with van der Waals surface area (Å²) in [6.45, 7) is 7.59. The fourth-order valence-electron chi connectivity index (χ4n) is 1.54. The van der Waals surface area contributed by atoms with Gasteiger partial charge in [-0.15, -0.1) is 0 Å². The van der Waals surface area contributed by atoms with Crippen LogP contribution in [0.2, 0.25) is 0 Å². The minimum absolute atomic E-state index is 0.235. The first-order valence-electron chi connectivity index (χ1n) is 6.28. The molecule has 1 N–H and O–H groups in total. The number of carbonyl (C=O) groups excluding carboxylic acids is 1. The first-order valence-corrected chi connectivity index (χ1v) is 6.28. The average molecular weight is 251 g/mol. The maximum atomic E-state index is 11.5. The Morgan fingerprint density at radius 2 is 1.89 bits per heavy atom. The highest BCUT2D eigenvalue weighted by atomic mass is 16.5. The van der Waals surface area contributed by atoms with Crippen molar-refractivity contribution in [1.82, 2.24) is 0 Å². The number of rotatable bonds is 7. The van der Waals surface area contributed by atoms with Gasteiger partial charge in [-0.2, -0.15) is 0 Å². The molecule has 1 aromatic carbocycles. The van der Waals surface area contributed by atoms with Gasteiger partial charge in [0.15, 0.2) is 0 Å². The molecule has 4 heteroatoms. The van der Waals surface area contributed by atoms with Crippen LogP contribution in [0.3, 0.4) is 0 Å². The van der Waals surface area contributed by atoms with E-state index in [4.69, 9.17) is 9.47 Å². The summed E-state index contributed by atoms with van der Waals surface area (Å²) >= 11 is 0. The fourth-order valence-corrected chi connectivity index (χ4v) is 1.54. The van der Waals surface area contributed by atoms with Crippen molar-refractivity contribution < 1.29 is 14.3 Å². The second-order valence-electron chi connectivity index (χ2n) is 4.00. The highest BCUT2D eigenvalue weighted by Crippen LogP contribution is 2.11. The van der Waals surface area contributed by atoms with Crippen LogP contribution in [0.5, 0.6) is 0 Å². The van der Waals surface area contributed by atoms with E-state index in [1.54, 1.807) is 19.1 Å². The summed E-state index contributed by atoms with van der Waals surface area (Å²) in [5.74, 6) is -0.286. The van der Waals surface area contributed by atoms with Gasteiger partial charge in [-0.3, -0.25) is 0 Å². The van der Waals surface area contributed by atoms with Crippen LogP contribution < -0.4 is 5.32 Å². The summed E-state index contributed by atoms with van der Waals surface area (Å²) in [6.07, 6.45) is 0. The van der Waals surface area contributed by atoms with E-state index >= 15 is 0 Å². The molecule has 0 spiro atoms. The third-order valence-corrected chi connectivity index (χ3v) is 2.38. The molecular weight excluding hydrogens is 230 g/mol. The molecule has 1 unspecified atom stereocenters. The van der Waals surface area contributed by atoms with Crippen molar-refractivity contribution in [2.45, 2.75) is 26.8 Å². The van der Waals surface area contributed by atoms with Gasteiger partial charge >= 0.3 is 5.97 Å². The van der Waals surface area contributed by atoms with E-state index in [1.807, 2.05) is 19.1 Å². The van der Waals surface area contributed by atoms with Crippen molar-refractivity contribution in [3.63, 3.8) is 0 Å². The molecule has 18 heavy (non-hydrogen) atoms. The molecule has 0 saturated carbocycles. The fraction of sp³-hybridized carbons (Fsp3) is 0.500. The van der Waals surface area contributed by atoms with E-state index < -0.39 is 0 Å². The van der Waals surface area contributed by atoms with Gasteiger partial charge in [0.05, 0.1) is 18.8 Å². The largest absolute Gasteiger partial charge is 0.462 e. The second-order valence-corrected chi connectivity index (χ2v) is 4.00. The van der Waals surface area contributed by atoms with E-state index in [9.17, 15) is 4.79 Å². The predicted molar refractivity (Wildman–Crippen MR) is 72.0 cm³/mol. The van der Waals surface area contributed by atoms with Crippen LogP contribution in [-0.4, -0.2) is 31.8 Å². The van der Waals surface area contributed by atoms with Crippen LogP contribution in [0.15, 0.2) is 24.3 Å². The summed E-state index contributed by atoms with van der Waals surface area (Å²) in [7, 11) is 0. The van der Waals surface area contributed by atoms with Gasteiger partial charge in [-0.05, 0) is 45.0 Å². The highest BCUT2D eigenvalue weighted by Gasteiger charge is 2.06. The van der Waals surface area contributed by atoms with Gasteiger partial charge in [0.25, 0.3) is 0 Å². The molecule has 0 radical (unpaired) electrons. The van der Waals surface area contributed by atoms with E-state index in [0.29, 0.717) is 25.4 Å². The molecular formula is C14H21NO3. The third kappa shape index (κ3) is 4.75. The molecule has 0 amide bonds. The average Bonchev–Trinajstić information content (AvgIpc) is 2.37. The van der Waals surface area contributed by atoms with E-state index in [-0.39, 0.29) is 12.0 Å². The normalized spacial score (nSPS) is 11.9. The van der Waals surface area contributed by atoms with E-state index in [2.05, 4.69) is 12.2 Å². The van der Waals surface area contributed by atoms with Crippen molar-refractivity contribution in [2.24, 2.45) is 0 Å². The third-order valence-electron chi connectivity index (χ3n) is 2.38. The Morgan fingerprint density at radius 3 is 2.44 bits per heavy atom. The van der Waals surface area contributed by atoms with Crippen LogP contribution in [0.25, 0.3) is 0 Å². The van der Waals surface area contributed by atoms with Gasteiger partial charge in [-0.1, -0.05) is 0 Å².